The smallest absolute Gasteiger partial charge is 0.264 e. The summed E-state index contributed by atoms with van der Waals surface area (Å²) in [7, 11) is -4.21. The van der Waals surface area contributed by atoms with E-state index in [2.05, 4.69) is 5.32 Å². The Labute approximate surface area is 294 Å². The molecule has 1 N–H and O–H groups in total. The van der Waals surface area contributed by atoms with Gasteiger partial charge in [0.1, 0.15) is 24.1 Å². The molecule has 6 rings (SSSR count). The Balaban J connectivity index is 1.36. The maximum atomic E-state index is 14.7. The third-order valence-electron chi connectivity index (χ3n) is 8.88. The monoisotopic (exact) mass is 687 g/mol. The van der Waals surface area contributed by atoms with Crippen molar-refractivity contribution in [1.29, 1.82) is 0 Å². The average Bonchev–Trinajstić information content (AvgIpc) is 3.67. The second-order valence-electron chi connectivity index (χ2n) is 12.4. The second kappa shape index (κ2) is 16.3. The summed E-state index contributed by atoms with van der Waals surface area (Å²) in [6.07, 6.45) is 4.15. The molecule has 9 heteroatoms. The summed E-state index contributed by atoms with van der Waals surface area (Å²) in [5.41, 5.74) is 2.01. The number of amides is 2. The number of para-hydroxylation sites is 1. The van der Waals surface area contributed by atoms with E-state index in [0.717, 1.165) is 41.1 Å². The molecule has 0 aliphatic heterocycles. The number of hydrogen-bond donors (Lipinski definition) is 1. The van der Waals surface area contributed by atoms with Crippen molar-refractivity contribution in [2.75, 3.05) is 10.8 Å². The van der Waals surface area contributed by atoms with Gasteiger partial charge in [0, 0.05) is 19.0 Å². The summed E-state index contributed by atoms with van der Waals surface area (Å²) in [6.45, 7) is -0.400. The zero-order valence-electron chi connectivity index (χ0n) is 27.8. The number of sulfonamides is 1. The molecule has 50 heavy (non-hydrogen) atoms. The SMILES string of the molecule is O=C(NC1CCCC1)[C@H](Cc1ccccc1)N(Cc1ccccc1)C(=O)CN(c1ccc(Oc2ccccc2)cc1)S(=O)(=O)c1ccccc1. The van der Waals surface area contributed by atoms with Crippen LogP contribution >= 0.6 is 0 Å². The molecule has 256 valence electrons. The van der Waals surface area contributed by atoms with Crippen molar-refractivity contribution < 1.29 is 22.7 Å². The van der Waals surface area contributed by atoms with Crippen LogP contribution in [0, 0.1) is 0 Å². The van der Waals surface area contributed by atoms with Gasteiger partial charge in [-0.05, 0) is 72.5 Å². The van der Waals surface area contributed by atoms with Crippen molar-refractivity contribution in [3.8, 4) is 11.5 Å². The van der Waals surface area contributed by atoms with Crippen LogP contribution in [0.4, 0.5) is 5.69 Å². The minimum atomic E-state index is -4.21. The number of carbonyl (C=O) groups excluding carboxylic acids is 2. The van der Waals surface area contributed by atoms with E-state index in [1.807, 2.05) is 91.0 Å². The van der Waals surface area contributed by atoms with Crippen LogP contribution in [-0.4, -0.2) is 43.8 Å². The molecule has 0 saturated heterocycles. The molecule has 5 aromatic carbocycles. The molecule has 2 amide bonds. The molecule has 8 nitrogen and oxygen atoms in total. The summed E-state index contributed by atoms with van der Waals surface area (Å²) in [5.74, 6) is 0.409. The van der Waals surface area contributed by atoms with Gasteiger partial charge >= 0.3 is 0 Å². The first kappa shape index (κ1) is 34.5. The zero-order valence-corrected chi connectivity index (χ0v) is 28.6. The van der Waals surface area contributed by atoms with Crippen molar-refractivity contribution in [2.24, 2.45) is 0 Å². The van der Waals surface area contributed by atoms with E-state index in [1.165, 1.54) is 17.0 Å². The van der Waals surface area contributed by atoms with Gasteiger partial charge in [0.25, 0.3) is 10.0 Å². The Morgan fingerprint density at radius 3 is 1.80 bits per heavy atom. The summed E-state index contributed by atoms with van der Waals surface area (Å²) >= 11 is 0. The van der Waals surface area contributed by atoms with E-state index in [4.69, 9.17) is 4.74 Å². The predicted molar refractivity (Wildman–Crippen MR) is 195 cm³/mol. The molecular weight excluding hydrogens is 647 g/mol. The van der Waals surface area contributed by atoms with Gasteiger partial charge in [-0.3, -0.25) is 13.9 Å². The molecule has 0 heterocycles. The van der Waals surface area contributed by atoms with Gasteiger partial charge in [-0.25, -0.2) is 8.42 Å². The highest BCUT2D eigenvalue weighted by atomic mass is 32.2. The zero-order chi connectivity index (χ0) is 34.8. The van der Waals surface area contributed by atoms with Gasteiger partial charge < -0.3 is 15.0 Å². The standard InChI is InChI=1S/C41H41N3O5S/c45-40(31-44(50(47,48)38-23-11-4-12-24-38)35-25-27-37(28-26-35)49-36-21-9-3-10-22-36)43(30-33-17-7-2-8-18-33)39(29-32-15-5-1-6-16-32)41(46)42-34-19-13-14-20-34/h1-12,15-18,21-28,34,39H,13-14,19-20,29-31H2,(H,42,46)/t39-/m0/s1. The quantitative estimate of drug-likeness (QED) is 0.132. The first-order valence-corrected chi connectivity index (χ1v) is 18.4. The molecule has 0 aromatic heterocycles. The van der Waals surface area contributed by atoms with Crippen LogP contribution in [0.3, 0.4) is 0 Å². The normalized spacial score (nSPS) is 13.7. The van der Waals surface area contributed by atoms with Crippen LogP contribution in [0.5, 0.6) is 11.5 Å². The van der Waals surface area contributed by atoms with E-state index in [0.29, 0.717) is 11.5 Å². The Morgan fingerprint density at radius 2 is 1.20 bits per heavy atom. The molecule has 0 radical (unpaired) electrons. The molecular formula is C41H41N3O5S. The van der Waals surface area contributed by atoms with E-state index in [-0.39, 0.29) is 35.5 Å². The maximum Gasteiger partial charge on any atom is 0.264 e. The fourth-order valence-corrected chi connectivity index (χ4v) is 7.69. The highest BCUT2D eigenvalue weighted by Gasteiger charge is 2.35. The van der Waals surface area contributed by atoms with Gasteiger partial charge in [0.2, 0.25) is 11.8 Å². The van der Waals surface area contributed by atoms with Gasteiger partial charge in [0.05, 0.1) is 10.6 Å². The molecule has 0 unspecified atom stereocenters. The van der Waals surface area contributed by atoms with Gasteiger partial charge in [-0.2, -0.15) is 0 Å². The predicted octanol–water partition coefficient (Wildman–Crippen LogP) is 7.37. The Morgan fingerprint density at radius 1 is 0.680 bits per heavy atom. The number of nitrogens with one attached hydrogen (secondary N) is 1. The number of anilines is 1. The molecule has 5 aromatic rings. The third-order valence-corrected chi connectivity index (χ3v) is 10.7. The number of carbonyl (C=O) groups is 2. The summed E-state index contributed by atoms with van der Waals surface area (Å²) in [5, 5.41) is 3.21. The molecule has 1 atom stereocenters. The number of hydrogen-bond acceptors (Lipinski definition) is 5. The molecule has 1 saturated carbocycles. The van der Waals surface area contributed by atoms with Crippen molar-refractivity contribution in [3.05, 3.63) is 157 Å². The van der Waals surface area contributed by atoms with E-state index < -0.39 is 28.5 Å². The van der Waals surface area contributed by atoms with Gasteiger partial charge in [0.15, 0.2) is 0 Å². The molecule has 1 aliphatic carbocycles. The fourth-order valence-electron chi connectivity index (χ4n) is 6.26. The molecule has 1 fully saturated rings. The van der Waals surface area contributed by atoms with Crippen molar-refractivity contribution in [1.82, 2.24) is 10.2 Å². The second-order valence-corrected chi connectivity index (χ2v) is 14.3. The highest BCUT2D eigenvalue weighted by molar-refractivity contribution is 7.92. The summed E-state index contributed by atoms with van der Waals surface area (Å²) in [4.78, 5) is 30.4. The number of ether oxygens (including phenoxy) is 1. The van der Waals surface area contributed by atoms with Crippen molar-refractivity contribution in [2.45, 2.75) is 55.6 Å². The maximum absolute atomic E-state index is 14.7. The van der Waals surface area contributed by atoms with Crippen LogP contribution in [0.15, 0.2) is 150 Å². The van der Waals surface area contributed by atoms with Crippen LogP contribution < -0.4 is 14.4 Å². The lowest BCUT2D eigenvalue weighted by molar-refractivity contribution is -0.140. The van der Waals surface area contributed by atoms with Crippen LogP contribution in [0.2, 0.25) is 0 Å². The first-order valence-electron chi connectivity index (χ1n) is 17.0. The topological polar surface area (TPSA) is 96.0 Å². The lowest BCUT2D eigenvalue weighted by Gasteiger charge is -2.34. The van der Waals surface area contributed by atoms with Gasteiger partial charge in [-0.15, -0.1) is 0 Å². The lowest BCUT2D eigenvalue weighted by Crippen LogP contribution is -2.54. The molecule has 1 aliphatic rings. The lowest BCUT2D eigenvalue weighted by atomic mass is 10.0. The Hall–Kier alpha value is -5.41. The van der Waals surface area contributed by atoms with E-state index in [1.54, 1.807) is 42.5 Å². The fraction of sp³-hybridized carbons (Fsp3) is 0.220. The third kappa shape index (κ3) is 8.78. The number of benzene rings is 5. The van der Waals surface area contributed by atoms with E-state index >= 15 is 0 Å². The molecule has 0 spiro atoms. The number of nitrogens with zero attached hydrogens (tertiary/aromatic N) is 2. The average molecular weight is 688 g/mol. The Kier molecular flexibility index (Phi) is 11.3. The van der Waals surface area contributed by atoms with Crippen LogP contribution in [0.1, 0.15) is 36.8 Å². The van der Waals surface area contributed by atoms with Crippen molar-refractivity contribution >= 4 is 27.5 Å². The molecule has 0 bridgehead atoms. The van der Waals surface area contributed by atoms with Crippen molar-refractivity contribution in [3.63, 3.8) is 0 Å². The Bertz CT molecular complexity index is 1940. The summed E-state index contributed by atoms with van der Waals surface area (Å²) in [6, 6.07) is 42.2. The van der Waals surface area contributed by atoms with E-state index in [9.17, 15) is 18.0 Å². The minimum absolute atomic E-state index is 0.0426. The number of rotatable bonds is 14. The van der Waals surface area contributed by atoms with Crippen LogP contribution in [-0.2, 0) is 32.6 Å². The van der Waals surface area contributed by atoms with Gasteiger partial charge in [-0.1, -0.05) is 110 Å². The first-order chi connectivity index (χ1) is 24.4. The highest BCUT2D eigenvalue weighted by Crippen LogP contribution is 2.29. The minimum Gasteiger partial charge on any atom is -0.457 e. The summed E-state index contributed by atoms with van der Waals surface area (Å²) < 4.78 is 35.7. The largest absolute Gasteiger partial charge is 0.457 e. The van der Waals surface area contributed by atoms with Crippen LogP contribution in [0.25, 0.3) is 0 Å².